The van der Waals surface area contributed by atoms with Crippen LogP contribution >= 0.6 is 0 Å². The van der Waals surface area contributed by atoms with E-state index in [2.05, 4.69) is 10.4 Å². The van der Waals surface area contributed by atoms with Gasteiger partial charge in [-0.25, -0.2) is 0 Å². The highest BCUT2D eigenvalue weighted by Gasteiger charge is 2.34. The zero-order valence-electron chi connectivity index (χ0n) is 13.5. The van der Waals surface area contributed by atoms with Crippen LogP contribution in [0.25, 0.3) is 0 Å². The molecular formula is C17H20N4O2. The smallest absolute Gasteiger partial charge is 0.252 e. The molecule has 2 amide bonds. The van der Waals surface area contributed by atoms with Gasteiger partial charge < -0.3 is 10.2 Å². The van der Waals surface area contributed by atoms with Crippen molar-refractivity contribution in [2.24, 2.45) is 7.05 Å². The van der Waals surface area contributed by atoms with Gasteiger partial charge in [-0.05, 0) is 37.5 Å². The Labute approximate surface area is 135 Å². The van der Waals surface area contributed by atoms with Crippen LogP contribution < -0.4 is 10.2 Å². The van der Waals surface area contributed by atoms with Crippen molar-refractivity contribution in [3.8, 4) is 0 Å². The Morgan fingerprint density at radius 3 is 2.83 bits per heavy atom. The van der Waals surface area contributed by atoms with Gasteiger partial charge in [0.2, 0.25) is 5.91 Å². The summed E-state index contributed by atoms with van der Waals surface area (Å²) >= 11 is 0. The Morgan fingerprint density at radius 2 is 2.13 bits per heavy atom. The van der Waals surface area contributed by atoms with Crippen LogP contribution in [0.1, 0.15) is 27.9 Å². The van der Waals surface area contributed by atoms with Crippen LogP contribution in [0.5, 0.6) is 0 Å². The van der Waals surface area contributed by atoms with Gasteiger partial charge in [0.1, 0.15) is 6.04 Å². The van der Waals surface area contributed by atoms with Crippen LogP contribution in [0.4, 0.5) is 5.69 Å². The maximum atomic E-state index is 12.5. The highest BCUT2D eigenvalue weighted by molar-refractivity contribution is 6.04. The highest BCUT2D eigenvalue weighted by atomic mass is 16.2. The molecule has 1 aromatic heterocycles. The number of aryl methyl sites for hydroxylation is 2. The number of benzene rings is 1. The van der Waals surface area contributed by atoms with Gasteiger partial charge in [-0.3, -0.25) is 14.3 Å². The lowest BCUT2D eigenvalue weighted by molar-refractivity contribution is -0.118. The standard InChI is InChI=1S/C17H20N4O2/c1-11-5-4-6-14(12(11)2)16(22)19-15-7-8-21(17(15)23)13-9-18-20(3)10-13/h4-6,9-10,15H,7-8H2,1-3H3,(H,19,22). The lowest BCUT2D eigenvalue weighted by Gasteiger charge is -2.16. The number of anilines is 1. The number of hydrogen-bond acceptors (Lipinski definition) is 3. The van der Waals surface area contributed by atoms with Gasteiger partial charge in [0.25, 0.3) is 5.91 Å². The van der Waals surface area contributed by atoms with Crippen LogP contribution in [-0.2, 0) is 11.8 Å². The first-order valence-electron chi connectivity index (χ1n) is 7.64. The van der Waals surface area contributed by atoms with Gasteiger partial charge in [-0.15, -0.1) is 0 Å². The molecule has 120 valence electrons. The summed E-state index contributed by atoms with van der Waals surface area (Å²) in [6, 6.07) is 5.13. The lowest BCUT2D eigenvalue weighted by Crippen LogP contribution is -2.41. The quantitative estimate of drug-likeness (QED) is 0.935. The Kier molecular flexibility index (Phi) is 3.90. The summed E-state index contributed by atoms with van der Waals surface area (Å²) in [7, 11) is 1.81. The zero-order chi connectivity index (χ0) is 16.6. The molecule has 2 heterocycles. The number of hydrogen-bond donors (Lipinski definition) is 1. The SMILES string of the molecule is Cc1cccc(C(=O)NC2CCN(c3cnn(C)c3)C2=O)c1C. The van der Waals surface area contributed by atoms with Gasteiger partial charge >= 0.3 is 0 Å². The summed E-state index contributed by atoms with van der Waals surface area (Å²) < 4.78 is 1.66. The van der Waals surface area contributed by atoms with Crippen LogP contribution in [0.2, 0.25) is 0 Å². The van der Waals surface area contributed by atoms with Crippen molar-refractivity contribution in [3.63, 3.8) is 0 Å². The molecule has 23 heavy (non-hydrogen) atoms. The number of nitrogens with one attached hydrogen (secondary N) is 1. The van der Waals surface area contributed by atoms with Crippen molar-refractivity contribution in [1.82, 2.24) is 15.1 Å². The minimum absolute atomic E-state index is 0.0864. The zero-order valence-corrected chi connectivity index (χ0v) is 13.5. The first-order valence-corrected chi connectivity index (χ1v) is 7.64. The number of nitrogens with zero attached hydrogens (tertiary/aromatic N) is 3. The third-order valence-electron chi connectivity index (χ3n) is 4.36. The summed E-state index contributed by atoms with van der Waals surface area (Å²) in [6.07, 6.45) is 4.06. The molecule has 0 radical (unpaired) electrons. The molecule has 1 aliphatic rings. The predicted molar refractivity (Wildman–Crippen MR) is 87.3 cm³/mol. The van der Waals surface area contributed by atoms with Crippen LogP contribution in [0, 0.1) is 13.8 Å². The number of carbonyl (C=O) groups is 2. The minimum atomic E-state index is -0.484. The van der Waals surface area contributed by atoms with Gasteiger partial charge in [-0.2, -0.15) is 5.10 Å². The average Bonchev–Trinajstić information content (AvgIpc) is 3.09. The summed E-state index contributed by atoms with van der Waals surface area (Å²) in [5, 5.41) is 6.95. The molecule has 0 aliphatic carbocycles. The summed E-state index contributed by atoms with van der Waals surface area (Å²) in [5.41, 5.74) is 3.39. The fourth-order valence-electron chi connectivity index (χ4n) is 2.85. The van der Waals surface area contributed by atoms with Gasteiger partial charge in [0.05, 0.1) is 11.9 Å². The average molecular weight is 312 g/mol. The van der Waals surface area contributed by atoms with Crippen molar-refractivity contribution in [2.75, 3.05) is 11.4 Å². The number of carbonyl (C=O) groups excluding carboxylic acids is 2. The molecular weight excluding hydrogens is 292 g/mol. The second kappa shape index (κ2) is 5.87. The van der Waals surface area contributed by atoms with Gasteiger partial charge in [0, 0.05) is 25.4 Å². The van der Waals surface area contributed by atoms with E-state index >= 15 is 0 Å². The van der Waals surface area contributed by atoms with Crippen LogP contribution in [0.3, 0.4) is 0 Å². The summed E-state index contributed by atoms with van der Waals surface area (Å²) in [4.78, 5) is 26.6. The third-order valence-corrected chi connectivity index (χ3v) is 4.36. The number of aromatic nitrogens is 2. The molecule has 2 aromatic rings. The van der Waals surface area contributed by atoms with E-state index in [1.807, 2.05) is 33.0 Å². The molecule has 1 atom stereocenters. The molecule has 1 saturated heterocycles. The molecule has 6 heteroatoms. The first-order chi connectivity index (χ1) is 11.0. The maximum Gasteiger partial charge on any atom is 0.252 e. The summed E-state index contributed by atoms with van der Waals surface area (Å²) in [6.45, 7) is 4.47. The molecule has 0 saturated carbocycles. The van der Waals surface area contributed by atoms with Crippen molar-refractivity contribution >= 4 is 17.5 Å². The molecule has 1 aromatic carbocycles. The normalized spacial score (nSPS) is 17.6. The molecule has 1 fully saturated rings. The number of amides is 2. The largest absolute Gasteiger partial charge is 0.340 e. The fourth-order valence-corrected chi connectivity index (χ4v) is 2.85. The second-order valence-electron chi connectivity index (χ2n) is 5.92. The summed E-state index contributed by atoms with van der Waals surface area (Å²) in [5.74, 6) is -0.283. The van der Waals surface area contributed by atoms with Crippen molar-refractivity contribution in [3.05, 3.63) is 47.3 Å². The topological polar surface area (TPSA) is 67.2 Å². The van der Waals surface area contributed by atoms with Gasteiger partial charge in [-0.1, -0.05) is 12.1 Å². The van der Waals surface area contributed by atoms with Gasteiger partial charge in [0.15, 0.2) is 0 Å². The van der Waals surface area contributed by atoms with E-state index < -0.39 is 6.04 Å². The molecule has 0 bridgehead atoms. The van der Waals surface area contributed by atoms with Crippen LogP contribution in [0.15, 0.2) is 30.6 Å². The third kappa shape index (κ3) is 2.84. The molecule has 1 aliphatic heterocycles. The van der Waals surface area contributed by atoms with E-state index in [9.17, 15) is 9.59 Å². The van der Waals surface area contributed by atoms with E-state index in [4.69, 9.17) is 0 Å². The Balaban J connectivity index is 1.73. The molecule has 0 spiro atoms. The van der Waals surface area contributed by atoms with Crippen molar-refractivity contribution in [1.29, 1.82) is 0 Å². The predicted octanol–water partition coefficient (Wildman–Crippen LogP) is 1.57. The van der Waals surface area contributed by atoms with E-state index in [1.165, 1.54) is 0 Å². The Hall–Kier alpha value is -2.63. The first kappa shape index (κ1) is 15.3. The molecule has 1 N–H and O–H groups in total. The second-order valence-corrected chi connectivity index (χ2v) is 5.92. The molecule has 1 unspecified atom stereocenters. The lowest BCUT2D eigenvalue weighted by atomic mass is 10.0. The molecule has 3 rings (SSSR count). The van der Waals surface area contributed by atoms with E-state index in [0.717, 1.165) is 16.8 Å². The number of rotatable bonds is 3. The maximum absolute atomic E-state index is 12.5. The molecule has 6 nitrogen and oxygen atoms in total. The van der Waals surface area contributed by atoms with Crippen molar-refractivity contribution < 1.29 is 9.59 Å². The monoisotopic (exact) mass is 312 g/mol. The fraction of sp³-hybridized carbons (Fsp3) is 0.353. The highest BCUT2D eigenvalue weighted by Crippen LogP contribution is 2.21. The Morgan fingerprint density at radius 1 is 1.35 bits per heavy atom. The Bertz CT molecular complexity index is 766. The van der Waals surface area contributed by atoms with E-state index in [0.29, 0.717) is 18.5 Å². The van der Waals surface area contributed by atoms with Crippen molar-refractivity contribution in [2.45, 2.75) is 26.3 Å². The minimum Gasteiger partial charge on any atom is -0.340 e. The van der Waals surface area contributed by atoms with E-state index in [1.54, 1.807) is 28.0 Å². The van der Waals surface area contributed by atoms with E-state index in [-0.39, 0.29) is 11.8 Å². The van der Waals surface area contributed by atoms with Crippen LogP contribution in [-0.4, -0.2) is 34.2 Å².